The van der Waals surface area contributed by atoms with E-state index in [0.29, 0.717) is 12.8 Å². The molecule has 1 atom stereocenters. The van der Waals surface area contributed by atoms with Gasteiger partial charge in [-0.3, -0.25) is 9.59 Å². The standard InChI is InChI=1S/C26H30N2O5/c1-17(23(29)28-16-26(24(30)31)12-6-7-13-26)14-27-25(32)33-15-22-20-10-4-2-8-18(20)19-9-3-5-11-21(19)22/h2-5,8-11,17,22H,6-7,12-16H2,1H3,(H,27,32)(H,28,29)(H,30,31). The molecule has 1 fully saturated rings. The van der Waals surface area contributed by atoms with E-state index >= 15 is 0 Å². The minimum atomic E-state index is -0.865. The molecule has 174 valence electrons. The maximum atomic E-state index is 12.4. The van der Waals surface area contributed by atoms with Gasteiger partial charge in [0.15, 0.2) is 0 Å². The van der Waals surface area contributed by atoms with Crippen LogP contribution in [0.25, 0.3) is 11.1 Å². The molecule has 0 radical (unpaired) electrons. The number of amides is 2. The molecule has 2 aromatic carbocycles. The average molecular weight is 451 g/mol. The van der Waals surface area contributed by atoms with Crippen molar-refractivity contribution < 1.29 is 24.2 Å². The van der Waals surface area contributed by atoms with Gasteiger partial charge in [-0.2, -0.15) is 0 Å². The molecule has 4 rings (SSSR count). The second-order valence-corrected chi connectivity index (χ2v) is 9.12. The molecule has 0 heterocycles. The van der Waals surface area contributed by atoms with Crippen molar-refractivity contribution in [2.24, 2.45) is 11.3 Å². The Kier molecular flexibility index (Phi) is 6.67. The Balaban J connectivity index is 1.26. The second kappa shape index (κ2) is 9.65. The van der Waals surface area contributed by atoms with Crippen molar-refractivity contribution in [3.63, 3.8) is 0 Å². The largest absolute Gasteiger partial charge is 0.481 e. The van der Waals surface area contributed by atoms with Crippen LogP contribution in [0.4, 0.5) is 4.79 Å². The van der Waals surface area contributed by atoms with Gasteiger partial charge in [0.2, 0.25) is 5.91 Å². The number of carbonyl (C=O) groups is 3. The summed E-state index contributed by atoms with van der Waals surface area (Å²) in [5, 5.41) is 15.0. The van der Waals surface area contributed by atoms with E-state index in [1.165, 1.54) is 0 Å². The number of benzene rings is 2. The number of carboxylic acids is 1. The minimum Gasteiger partial charge on any atom is -0.481 e. The molecule has 0 aliphatic heterocycles. The maximum Gasteiger partial charge on any atom is 0.407 e. The topological polar surface area (TPSA) is 105 Å². The Hall–Kier alpha value is -3.35. The first-order valence-electron chi connectivity index (χ1n) is 11.5. The average Bonchev–Trinajstić information content (AvgIpc) is 3.43. The maximum absolute atomic E-state index is 12.4. The van der Waals surface area contributed by atoms with E-state index in [9.17, 15) is 19.5 Å². The van der Waals surface area contributed by atoms with Crippen LogP contribution in [0, 0.1) is 11.3 Å². The van der Waals surface area contributed by atoms with Crippen LogP contribution in [-0.4, -0.2) is 42.8 Å². The summed E-state index contributed by atoms with van der Waals surface area (Å²) in [5.41, 5.74) is 3.73. The van der Waals surface area contributed by atoms with Crippen LogP contribution in [0.5, 0.6) is 0 Å². The van der Waals surface area contributed by atoms with E-state index in [0.717, 1.165) is 35.1 Å². The Bertz CT molecular complexity index is 999. The molecule has 0 bridgehead atoms. The molecule has 33 heavy (non-hydrogen) atoms. The van der Waals surface area contributed by atoms with Gasteiger partial charge in [-0.15, -0.1) is 0 Å². The number of fused-ring (bicyclic) bond motifs is 3. The normalized spacial score (nSPS) is 17.0. The molecule has 0 spiro atoms. The lowest BCUT2D eigenvalue weighted by Crippen LogP contribution is -2.44. The first-order chi connectivity index (χ1) is 15.9. The number of carboxylic acid groups (broad SMARTS) is 1. The quantitative estimate of drug-likeness (QED) is 0.565. The zero-order valence-corrected chi connectivity index (χ0v) is 18.8. The molecule has 2 amide bonds. The number of nitrogens with one attached hydrogen (secondary N) is 2. The van der Waals surface area contributed by atoms with Gasteiger partial charge in [0, 0.05) is 19.0 Å². The van der Waals surface area contributed by atoms with Crippen molar-refractivity contribution in [2.75, 3.05) is 19.7 Å². The summed E-state index contributed by atoms with van der Waals surface area (Å²) in [6.07, 6.45) is 2.31. The van der Waals surface area contributed by atoms with Gasteiger partial charge in [0.05, 0.1) is 11.3 Å². The van der Waals surface area contributed by atoms with Crippen LogP contribution < -0.4 is 10.6 Å². The predicted octanol–water partition coefficient (Wildman–Crippen LogP) is 3.92. The van der Waals surface area contributed by atoms with Crippen molar-refractivity contribution >= 4 is 18.0 Å². The van der Waals surface area contributed by atoms with E-state index in [2.05, 4.69) is 34.9 Å². The molecule has 1 unspecified atom stereocenters. The summed E-state index contributed by atoms with van der Waals surface area (Å²) >= 11 is 0. The van der Waals surface area contributed by atoms with Crippen LogP contribution in [0.1, 0.15) is 49.7 Å². The number of rotatable bonds is 8. The molecule has 2 aromatic rings. The van der Waals surface area contributed by atoms with Crippen LogP contribution in [0.3, 0.4) is 0 Å². The third kappa shape index (κ3) is 4.72. The fourth-order valence-electron chi connectivity index (χ4n) is 4.93. The van der Waals surface area contributed by atoms with Gasteiger partial charge in [0.25, 0.3) is 0 Å². The van der Waals surface area contributed by atoms with Gasteiger partial charge in [-0.25, -0.2) is 4.79 Å². The smallest absolute Gasteiger partial charge is 0.407 e. The number of hydrogen-bond acceptors (Lipinski definition) is 4. The Labute approximate surface area is 193 Å². The molecular weight excluding hydrogens is 420 g/mol. The lowest BCUT2D eigenvalue weighted by atomic mass is 9.86. The SMILES string of the molecule is CC(CNC(=O)OCC1c2ccccc2-c2ccccc21)C(=O)NCC1(C(=O)O)CCCC1. The number of ether oxygens (including phenoxy) is 1. The number of aliphatic carboxylic acids is 1. The first kappa shape index (κ1) is 22.8. The van der Waals surface area contributed by atoms with Crippen LogP contribution in [0.2, 0.25) is 0 Å². The Morgan fingerprint density at radius 2 is 1.58 bits per heavy atom. The van der Waals surface area contributed by atoms with Crippen molar-refractivity contribution in [1.82, 2.24) is 10.6 Å². The molecule has 1 saturated carbocycles. The van der Waals surface area contributed by atoms with Crippen molar-refractivity contribution in [1.29, 1.82) is 0 Å². The van der Waals surface area contributed by atoms with Crippen LogP contribution in [-0.2, 0) is 14.3 Å². The lowest BCUT2D eigenvalue weighted by Gasteiger charge is -2.25. The molecule has 0 saturated heterocycles. The van der Waals surface area contributed by atoms with Crippen molar-refractivity contribution in [3.05, 3.63) is 59.7 Å². The highest BCUT2D eigenvalue weighted by Gasteiger charge is 2.41. The molecular formula is C26H30N2O5. The summed E-state index contributed by atoms with van der Waals surface area (Å²) in [4.78, 5) is 36.4. The van der Waals surface area contributed by atoms with Gasteiger partial charge >= 0.3 is 12.1 Å². The summed E-state index contributed by atoms with van der Waals surface area (Å²) in [6.45, 7) is 2.14. The number of carbonyl (C=O) groups excluding carboxylic acids is 2. The molecule has 7 nitrogen and oxygen atoms in total. The van der Waals surface area contributed by atoms with E-state index in [4.69, 9.17) is 4.74 Å². The van der Waals surface area contributed by atoms with Gasteiger partial charge in [-0.1, -0.05) is 68.3 Å². The van der Waals surface area contributed by atoms with Crippen molar-refractivity contribution in [2.45, 2.75) is 38.5 Å². The summed E-state index contributed by atoms with van der Waals surface area (Å²) in [7, 11) is 0. The third-order valence-corrected chi connectivity index (χ3v) is 6.96. The van der Waals surface area contributed by atoms with Crippen molar-refractivity contribution in [3.8, 4) is 11.1 Å². The molecule has 3 N–H and O–H groups in total. The fourth-order valence-corrected chi connectivity index (χ4v) is 4.93. The minimum absolute atomic E-state index is 0.0255. The monoisotopic (exact) mass is 450 g/mol. The fraction of sp³-hybridized carbons (Fsp3) is 0.423. The van der Waals surface area contributed by atoms with Crippen LogP contribution in [0.15, 0.2) is 48.5 Å². The predicted molar refractivity (Wildman–Crippen MR) is 124 cm³/mol. The zero-order chi connectivity index (χ0) is 23.4. The lowest BCUT2D eigenvalue weighted by molar-refractivity contribution is -0.148. The highest BCUT2D eigenvalue weighted by atomic mass is 16.5. The Morgan fingerprint density at radius 1 is 1.00 bits per heavy atom. The second-order valence-electron chi connectivity index (χ2n) is 9.12. The summed E-state index contributed by atoms with van der Waals surface area (Å²) < 4.78 is 5.50. The van der Waals surface area contributed by atoms with E-state index < -0.39 is 23.4 Å². The number of hydrogen-bond donors (Lipinski definition) is 3. The van der Waals surface area contributed by atoms with E-state index in [1.807, 2.05) is 24.3 Å². The van der Waals surface area contributed by atoms with E-state index in [-0.39, 0.29) is 31.5 Å². The highest BCUT2D eigenvalue weighted by molar-refractivity contribution is 5.81. The molecule has 2 aliphatic carbocycles. The molecule has 2 aliphatic rings. The summed E-state index contributed by atoms with van der Waals surface area (Å²) in [5.74, 6) is -1.66. The van der Waals surface area contributed by atoms with Gasteiger partial charge in [0.1, 0.15) is 6.61 Å². The summed E-state index contributed by atoms with van der Waals surface area (Å²) in [6, 6.07) is 16.2. The molecule has 0 aromatic heterocycles. The van der Waals surface area contributed by atoms with Gasteiger partial charge < -0.3 is 20.5 Å². The highest BCUT2D eigenvalue weighted by Crippen LogP contribution is 2.44. The van der Waals surface area contributed by atoms with Crippen LogP contribution >= 0.6 is 0 Å². The first-order valence-corrected chi connectivity index (χ1v) is 11.5. The zero-order valence-electron chi connectivity index (χ0n) is 18.8. The van der Waals surface area contributed by atoms with E-state index in [1.54, 1.807) is 6.92 Å². The Morgan fingerprint density at radius 3 is 2.15 bits per heavy atom. The third-order valence-electron chi connectivity index (χ3n) is 6.96. The number of alkyl carbamates (subject to hydrolysis) is 1. The van der Waals surface area contributed by atoms with Gasteiger partial charge in [-0.05, 0) is 35.1 Å². The molecule has 7 heteroatoms.